The van der Waals surface area contributed by atoms with Crippen molar-refractivity contribution in [3.63, 3.8) is 0 Å². The molecule has 0 atom stereocenters. The molecule has 0 radical (unpaired) electrons. The first-order chi connectivity index (χ1) is 4.38. The van der Waals surface area contributed by atoms with Crippen LogP contribution in [0.4, 0.5) is 0 Å². The summed E-state index contributed by atoms with van der Waals surface area (Å²) in [5, 5.41) is 8.56. The Morgan fingerprint density at radius 3 is 3.00 bits per heavy atom. The summed E-state index contributed by atoms with van der Waals surface area (Å²) in [6.07, 6.45) is 2.31. The molecule has 3 nitrogen and oxygen atoms in total. The third kappa shape index (κ3) is 1.000. The number of rotatable bonds is 2. The van der Waals surface area contributed by atoms with Crippen molar-refractivity contribution in [2.75, 3.05) is 0 Å². The summed E-state index contributed by atoms with van der Waals surface area (Å²) in [7, 11) is 0. The Labute approximate surface area is 52.3 Å². The van der Waals surface area contributed by atoms with Gasteiger partial charge in [-0.25, -0.2) is 0 Å². The number of aromatic amines is 1. The molecule has 0 aliphatic carbocycles. The molecule has 0 spiro atoms. The Balaban J connectivity index is 2.98. The molecule has 2 N–H and O–H groups in total. The van der Waals surface area contributed by atoms with E-state index in [0.29, 0.717) is 17.5 Å². The smallest absolute Gasteiger partial charge is 0.166 e. The van der Waals surface area contributed by atoms with Crippen LogP contribution in [0.25, 0.3) is 0 Å². The number of aliphatic hydroxyl groups excluding tert-OH is 1. The SMILES string of the molecule is O=Cc1[nH]ccc1CO. The second-order valence-electron chi connectivity index (χ2n) is 1.69. The Morgan fingerprint density at radius 2 is 2.56 bits per heavy atom. The number of H-pyrrole nitrogens is 1. The topological polar surface area (TPSA) is 53.1 Å². The van der Waals surface area contributed by atoms with E-state index in [-0.39, 0.29) is 6.61 Å². The van der Waals surface area contributed by atoms with Crippen molar-refractivity contribution >= 4 is 6.29 Å². The van der Waals surface area contributed by atoms with Crippen molar-refractivity contribution in [2.24, 2.45) is 0 Å². The van der Waals surface area contributed by atoms with Gasteiger partial charge in [0.25, 0.3) is 0 Å². The van der Waals surface area contributed by atoms with E-state index in [9.17, 15) is 4.79 Å². The van der Waals surface area contributed by atoms with Gasteiger partial charge in [0.15, 0.2) is 6.29 Å². The molecule has 0 aliphatic rings. The van der Waals surface area contributed by atoms with Gasteiger partial charge >= 0.3 is 0 Å². The molecule has 0 saturated carbocycles. The lowest BCUT2D eigenvalue weighted by Gasteiger charge is -1.87. The lowest BCUT2D eigenvalue weighted by Crippen LogP contribution is -1.86. The first kappa shape index (κ1) is 6.04. The summed E-state index contributed by atoms with van der Waals surface area (Å²) in [4.78, 5) is 12.8. The predicted molar refractivity (Wildman–Crippen MR) is 32.1 cm³/mol. The van der Waals surface area contributed by atoms with Crippen LogP contribution in [0.2, 0.25) is 0 Å². The standard InChI is InChI=1S/C6H7NO2/c8-3-5-1-2-7-6(5)4-9/h1-2,4,7-8H,3H2. The normalized spacial score (nSPS) is 9.44. The number of carbonyl (C=O) groups is 1. The summed E-state index contributed by atoms with van der Waals surface area (Å²) >= 11 is 0. The van der Waals surface area contributed by atoms with Crippen molar-refractivity contribution in [3.05, 3.63) is 23.5 Å². The van der Waals surface area contributed by atoms with Crippen LogP contribution in [-0.4, -0.2) is 16.4 Å². The van der Waals surface area contributed by atoms with Crippen LogP contribution in [0.15, 0.2) is 12.3 Å². The number of aromatic nitrogens is 1. The van der Waals surface area contributed by atoms with Gasteiger partial charge in [0.05, 0.1) is 12.3 Å². The molecule has 0 unspecified atom stereocenters. The fourth-order valence-corrected chi connectivity index (χ4v) is 0.662. The average molecular weight is 125 g/mol. The van der Waals surface area contributed by atoms with E-state index in [1.165, 1.54) is 0 Å². The fourth-order valence-electron chi connectivity index (χ4n) is 0.662. The third-order valence-corrected chi connectivity index (χ3v) is 1.16. The summed E-state index contributed by atoms with van der Waals surface area (Å²) in [5.41, 5.74) is 1.10. The minimum atomic E-state index is -0.0857. The second-order valence-corrected chi connectivity index (χ2v) is 1.69. The van der Waals surface area contributed by atoms with Crippen LogP contribution in [0.5, 0.6) is 0 Å². The number of hydrogen-bond acceptors (Lipinski definition) is 2. The van der Waals surface area contributed by atoms with Crippen LogP contribution >= 0.6 is 0 Å². The summed E-state index contributed by atoms with van der Waals surface area (Å²) in [6.45, 7) is -0.0857. The first-order valence-corrected chi connectivity index (χ1v) is 2.60. The molecule has 0 aromatic carbocycles. The Hall–Kier alpha value is -1.09. The monoisotopic (exact) mass is 125 g/mol. The van der Waals surface area contributed by atoms with E-state index >= 15 is 0 Å². The predicted octanol–water partition coefficient (Wildman–Crippen LogP) is 0.319. The van der Waals surface area contributed by atoms with Crippen molar-refractivity contribution in [1.29, 1.82) is 0 Å². The highest BCUT2D eigenvalue weighted by Crippen LogP contribution is 2.01. The molecule has 0 bridgehead atoms. The molecule has 0 saturated heterocycles. The zero-order valence-electron chi connectivity index (χ0n) is 4.79. The Kier molecular flexibility index (Phi) is 1.65. The highest BCUT2D eigenvalue weighted by molar-refractivity contribution is 5.74. The molecule has 3 heteroatoms. The van der Waals surface area contributed by atoms with E-state index in [1.807, 2.05) is 0 Å². The number of aldehydes is 1. The number of hydrogen-bond donors (Lipinski definition) is 2. The van der Waals surface area contributed by atoms with Crippen LogP contribution in [0, 0.1) is 0 Å². The van der Waals surface area contributed by atoms with Crippen LogP contribution in [0.1, 0.15) is 16.1 Å². The molecule has 0 amide bonds. The van der Waals surface area contributed by atoms with Gasteiger partial charge < -0.3 is 10.1 Å². The first-order valence-electron chi connectivity index (χ1n) is 2.60. The van der Waals surface area contributed by atoms with Crippen molar-refractivity contribution < 1.29 is 9.90 Å². The van der Waals surface area contributed by atoms with Crippen LogP contribution in [-0.2, 0) is 6.61 Å². The van der Waals surface area contributed by atoms with Crippen LogP contribution < -0.4 is 0 Å². The van der Waals surface area contributed by atoms with Gasteiger partial charge in [-0.1, -0.05) is 0 Å². The Bertz CT molecular complexity index is 205. The van der Waals surface area contributed by atoms with Gasteiger partial charge in [-0.05, 0) is 6.07 Å². The number of carbonyl (C=O) groups excluding carboxylic acids is 1. The van der Waals surface area contributed by atoms with E-state index in [4.69, 9.17) is 5.11 Å². The highest BCUT2D eigenvalue weighted by atomic mass is 16.3. The van der Waals surface area contributed by atoms with Crippen molar-refractivity contribution in [1.82, 2.24) is 4.98 Å². The molecule has 48 valence electrons. The maximum Gasteiger partial charge on any atom is 0.166 e. The molecule has 1 aromatic heterocycles. The summed E-state index contributed by atoms with van der Waals surface area (Å²) < 4.78 is 0. The van der Waals surface area contributed by atoms with E-state index < -0.39 is 0 Å². The average Bonchev–Trinajstić information content (AvgIpc) is 2.33. The maximum absolute atomic E-state index is 10.1. The van der Waals surface area contributed by atoms with Gasteiger partial charge in [0.2, 0.25) is 0 Å². The number of nitrogens with one attached hydrogen (secondary N) is 1. The maximum atomic E-state index is 10.1. The molecule has 0 aliphatic heterocycles. The highest BCUT2D eigenvalue weighted by Gasteiger charge is 1.97. The van der Waals surface area contributed by atoms with E-state index in [0.717, 1.165) is 0 Å². The molecule has 1 rings (SSSR count). The molecule has 9 heavy (non-hydrogen) atoms. The van der Waals surface area contributed by atoms with Gasteiger partial charge in [-0.2, -0.15) is 0 Å². The summed E-state index contributed by atoms with van der Waals surface area (Å²) in [5.74, 6) is 0. The largest absolute Gasteiger partial charge is 0.392 e. The molecular weight excluding hydrogens is 118 g/mol. The van der Waals surface area contributed by atoms with Gasteiger partial charge in [0.1, 0.15) is 0 Å². The fraction of sp³-hybridized carbons (Fsp3) is 0.167. The molecule has 0 fully saturated rings. The summed E-state index contributed by atoms with van der Waals surface area (Å²) in [6, 6.07) is 1.67. The molecule has 1 heterocycles. The quantitative estimate of drug-likeness (QED) is 0.559. The number of aliphatic hydroxyl groups is 1. The minimum absolute atomic E-state index is 0.0857. The van der Waals surface area contributed by atoms with E-state index in [2.05, 4.69) is 4.98 Å². The lowest BCUT2D eigenvalue weighted by molar-refractivity contribution is 0.111. The zero-order valence-corrected chi connectivity index (χ0v) is 4.79. The zero-order chi connectivity index (χ0) is 6.69. The second kappa shape index (κ2) is 2.46. The van der Waals surface area contributed by atoms with E-state index in [1.54, 1.807) is 12.3 Å². The minimum Gasteiger partial charge on any atom is -0.392 e. The van der Waals surface area contributed by atoms with Crippen LogP contribution in [0.3, 0.4) is 0 Å². The third-order valence-electron chi connectivity index (χ3n) is 1.16. The van der Waals surface area contributed by atoms with Crippen molar-refractivity contribution in [3.8, 4) is 0 Å². The Morgan fingerprint density at radius 1 is 1.78 bits per heavy atom. The van der Waals surface area contributed by atoms with Gasteiger partial charge in [-0.15, -0.1) is 0 Å². The van der Waals surface area contributed by atoms with Crippen molar-refractivity contribution in [2.45, 2.75) is 6.61 Å². The van der Waals surface area contributed by atoms with Gasteiger partial charge in [-0.3, -0.25) is 4.79 Å². The van der Waals surface area contributed by atoms with Gasteiger partial charge in [0, 0.05) is 11.8 Å². The molecular formula is C6H7NO2. The molecule has 1 aromatic rings. The lowest BCUT2D eigenvalue weighted by atomic mass is 10.3.